The van der Waals surface area contributed by atoms with Crippen LogP contribution in [0.2, 0.25) is 10.0 Å². The number of fused-ring (bicyclic) bond motifs is 1. The second-order valence-electron chi connectivity index (χ2n) is 6.17. The van der Waals surface area contributed by atoms with Crippen LogP contribution in [-0.2, 0) is 11.3 Å². The highest BCUT2D eigenvalue weighted by molar-refractivity contribution is 6.36. The first-order valence-corrected chi connectivity index (χ1v) is 9.12. The molecule has 8 heteroatoms. The van der Waals surface area contributed by atoms with Crippen molar-refractivity contribution in [2.75, 3.05) is 36.9 Å². The van der Waals surface area contributed by atoms with Gasteiger partial charge in [0.05, 0.1) is 25.1 Å². The van der Waals surface area contributed by atoms with Crippen LogP contribution in [0.4, 0.5) is 11.5 Å². The van der Waals surface area contributed by atoms with Gasteiger partial charge in [0.25, 0.3) is 0 Å². The Morgan fingerprint density at radius 3 is 2.62 bits per heavy atom. The number of aromatic nitrogens is 2. The van der Waals surface area contributed by atoms with Crippen molar-refractivity contribution in [3.63, 3.8) is 0 Å². The number of benzene rings is 1. The molecule has 0 saturated carbocycles. The van der Waals surface area contributed by atoms with Gasteiger partial charge < -0.3 is 21.1 Å². The Bertz CT molecular complexity index is 966. The molecule has 1 aromatic carbocycles. The van der Waals surface area contributed by atoms with E-state index in [1.807, 2.05) is 22.9 Å². The molecule has 4 rings (SSSR count). The number of nitrogens with two attached hydrogens (primary N) is 2. The third kappa shape index (κ3) is 2.89. The summed E-state index contributed by atoms with van der Waals surface area (Å²) in [7, 11) is 0. The highest BCUT2D eigenvalue weighted by atomic mass is 35.5. The van der Waals surface area contributed by atoms with E-state index in [2.05, 4.69) is 9.88 Å². The van der Waals surface area contributed by atoms with Gasteiger partial charge >= 0.3 is 0 Å². The van der Waals surface area contributed by atoms with E-state index in [4.69, 9.17) is 39.4 Å². The monoisotopic (exact) mass is 391 g/mol. The normalized spacial score (nSPS) is 15.0. The second-order valence-corrected chi connectivity index (χ2v) is 7.02. The molecule has 3 aromatic rings. The van der Waals surface area contributed by atoms with Gasteiger partial charge in [-0.2, -0.15) is 0 Å². The van der Waals surface area contributed by atoms with Crippen LogP contribution < -0.4 is 16.4 Å². The smallest absolute Gasteiger partial charge is 0.162 e. The fourth-order valence-corrected chi connectivity index (χ4v) is 3.86. The van der Waals surface area contributed by atoms with E-state index < -0.39 is 0 Å². The van der Waals surface area contributed by atoms with Gasteiger partial charge in [-0.25, -0.2) is 4.98 Å². The highest BCUT2D eigenvalue weighted by Crippen LogP contribution is 2.37. The molecular formula is C18H19Cl2N5O. The minimum absolute atomic E-state index is 0.288. The number of imidazole rings is 1. The minimum atomic E-state index is 0.288. The lowest BCUT2D eigenvalue weighted by Crippen LogP contribution is -2.36. The molecule has 4 N–H and O–H groups in total. The van der Waals surface area contributed by atoms with Gasteiger partial charge in [0.1, 0.15) is 5.82 Å². The van der Waals surface area contributed by atoms with Gasteiger partial charge in [0, 0.05) is 52.6 Å². The third-order valence-electron chi connectivity index (χ3n) is 4.69. The highest BCUT2D eigenvalue weighted by Gasteiger charge is 2.20. The van der Waals surface area contributed by atoms with E-state index in [9.17, 15) is 0 Å². The maximum Gasteiger partial charge on any atom is 0.162 e. The zero-order chi connectivity index (χ0) is 18.3. The Labute approximate surface area is 161 Å². The van der Waals surface area contributed by atoms with Crippen molar-refractivity contribution in [1.82, 2.24) is 9.38 Å². The third-order valence-corrected chi connectivity index (χ3v) is 5.23. The molecule has 1 aliphatic rings. The zero-order valence-corrected chi connectivity index (χ0v) is 15.6. The van der Waals surface area contributed by atoms with Crippen molar-refractivity contribution < 1.29 is 4.74 Å². The topological polar surface area (TPSA) is 81.8 Å². The van der Waals surface area contributed by atoms with Crippen molar-refractivity contribution in [2.24, 2.45) is 5.73 Å². The van der Waals surface area contributed by atoms with Crippen LogP contribution >= 0.6 is 23.2 Å². The second kappa shape index (κ2) is 6.96. The van der Waals surface area contributed by atoms with E-state index in [0.717, 1.165) is 35.6 Å². The van der Waals surface area contributed by atoms with Gasteiger partial charge in [-0.15, -0.1) is 0 Å². The maximum absolute atomic E-state index is 6.44. The Balaban J connectivity index is 1.94. The Kier molecular flexibility index (Phi) is 4.67. The van der Waals surface area contributed by atoms with Gasteiger partial charge in [-0.1, -0.05) is 29.3 Å². The number of hydrogen-bond donors (Lipinski definition) is 2. The number of rotatable bonds is 3. The summed E-state index contributed by atoms with van der Waals surface area (Å²) in [5.74, 6) is 0.977. The van der Waals surface area contributed by atoms with Crippen molar-refractivity contribution in [2.45, 2.75) is 6.54 Å². The van der Waals surface area contributed by atoms with Crippen LogP contribution in [0.1, 0.15) is 5.56 Å². The van der Waals surface area contributed by atoms with Crippen LogP contribution in [0.25, 0.3) is 16.8 Å². The standard InChI is InChI=1S/C18H19Cl2N5O/c19-11-1-2-12(15(20)7-11)14-10-25-16(24-3-5-26-6-4-24)9-23-18(25)17(22)13(14)8-21/h1-2,7,9-10H,3-6,8,21-22H2. The average molecular weight is 392 g/mol. The summed E-state index contributed by atoms with van der Waals surface area (Å²) >= 11 is 12.5. The van der Waals surface area contributed by atoms with Crippen LogP contribution in [-0.4, -0.2) is 35.7 Å². The van der Waals surface area contributed by atoms with Gasteiger partial charge in [-0.05, 0) is 12.1 Å². The molecule has 0 bridgehead atoms. The first kappa shape index (κ1) is 17.4. The first-order chi connectivity index (χ1) is 12.6. The largest absolute Gasteiger partial charge is 0.395 e. The van der Waals surface area contributed by atoms with Crippen LogP contribution in [0.5, 0.6) is 0 Å². The summed E-state index contributed by atoms with van der Waals surface area (Å²) in [4.78, 5) is 6.75. The lowest BCUT2D eigenvalue weighted by atomic mass is 10.0. The van der Waals surface area contributed by atoms with E-state index in [0.29, 0.717) is 34.6 Å². The molecule has 0 atom stereocenters. The van der Waals surface area contributed by atoms with Crippen molar-refractivity contribution in [3.8, 4) is 11.1 Å². The molecule has 2 aromatic heterocycles. The number of morpholine rings is 1. The molecule has 6 nitrogen and oxygen atoms in total. The number of nitrogen functional groups attached to an aromatic ring is 1. The molecular weight excluding hydrogens is 373 g/mol. The molecule has 1 fully saturated rings. The van der Waals surface area contributed by atoms with Gasteiger partial charge in [0.2, 0.25) is 0 Å². The van der Waals surface area contributed by atoms with Gasteiger partial charge in [0.15, 0.2) is 5.65 Å². The van der Waals surface area contributed by atoms with Crippen LogP contribution in [0, 0.1) is 0 Å². The van der Waals surface area contributed by atoms with Crippen molar-refractivity contribution in [1.29, 1.82) is 0 Å². The summed E-state index contributed by atoms with van der Waals surface area (Å²) in [5, 5.41) is 1.14. The summed E-state index contributed by atoms with van der Waals surface area (Å²) in [6, 6.07) is 5.41. The predicted octanol–water partition coefficient (Wildman–Crippen LogP) is 3.19. The molecule has 1 saturated heterocycles. The van der Waals surface area contributed by atoms with Gasteiger partial charge in [-0.3, -0.25) is 4.40 Å². The van der Waals surface area contributed by atoms with Crippen LogP contribution in [0.15, 0.2) is 30.6 Å². The fraction of sp³-hybridized carbons (Fsp3) is 0.278. The summed E-state index contributed by atoms with van der Waals surface area (Å²) < 4.78 is 7.45. The lowest BCUT2D eigenvalue weighted by Gasteiger charge is -2.28. The quantitative estimate of drug-likeness (QED) is 0.716. The molecule has 0 amide bonds. The van der Waals surface area contributed by atoms with E-state index >= 15 is 0 Å². The predicted molar refractivity (Wildman–Crippen MR) is 106 cm³/mol. The molecule has 3 heterocycles. The summed E-state index contributed by atoms with van der Waals surface area (Å²) in [5.41, 5.74) is 16.2. The van der Waals surface area contributed by atoms with E-state index in [1.165, 1.54) is 0 Å². The number of ether oxygens (including phenoxy) is 1. The summed E-state index contributed by atoms with van der Waals surface area (Å²) in [6.07, 6.45) is 3.84. The lowest BCUT2D eigenvalue weighted by molar-refractivity contribution is 0.122. The molecule has 1 aliphatic heterocycles. The number of anilines is 2. The minimum Gasteiger partial charge on any atom is -0.395 e. The first-order valence-electron chi connectivity index (χ1n) is 8.36. The number of nitrogens with zero attached hydrogens (tertiary/aromatic N) is 3. The molecule has 0 radical (unpaired) electrons. The number of pyridine rings is 1. The van der Waals surface area contributed by atoms with E-state index in [-0.39, 0.29) is 6.54 Å². The molecule has 0 unspecified atom stereocenters. The van der Waals surface area contributed by atoms with Crippen molar-refractivity contribution in [3.05, 3.63) is 46.2 Å². The Morgan fingerprint density at radius 2 is 1.92 bits per heavy atom. The Morgan fingerprint density at radius 1 is 1.15 bits per heavy atom. The molecule has 136 valence electrons. The SMILES string of the molecule is NCc1c(-c2ccc(Cl)cc2Cl)cn2c(N3CCOCC3)cnc2c1N. The number of halogens is 2. The molecule has 26 heavy (non-hydrogen) atoms. The fourth-order valence-electron chi connectivity index (χ4n) is 3.35. The maximum atomic E-state index is 6.44. The van der Waals surface area contributed by atoms with E-state index in [1.54, 1.807) is 12.1 Å². The van der Waals surface area contributed by atoms with Crippen molar-refractivity contribution >= 4 is 40.4 Å². The zero-order valence-electron chi connectivity index (χ0n) is 14.1. The number of hydrogen-bond acceptors (Lipinski definition) is 5. The average Bonchev–Trinajstić information content (AvgIpc) is 3.07. The van der Waals surface area contributed by atoms with Crippen LogP contribution in [0.3, 0.4) is 0 Å². The molecule has 0 spiro atoms. The Hall–Kier alpha value is -1.99. The summed E-state index contributed by atoms with van der Waals surface area (Å²) in [6.45, 7) is 3.29. The molecule has 0 aliphatic carbocycles.